The maximum absolute atomic E-state index is 5.58. The Hall–Kier alpha value is -0.300. The molecule has 0 aromatic carbocycles. The highest BCUT2D eigenvalue weighted by atomic mass is 16.5. The van der Waals surface area contributed by atoms with E-state index >= 15 is 0 Å². The summed E-state index contributed by atoms with van der Waals surface area (Å²) in [6, 6.07) is 0. The second-order valence-corrected chi connectivity index (χ2v) is 3.51. The zero-order valence-corrected chi connectivity index (χ0v) is 7.60. The molecule has 0 aromatic heterocycles. The van der Waals surface area contributed by atoms with E-state index in [-0.39, 0.29) is 0 Å². The third-order valence-corrected chi connectivity index (χ3v) is 2.06. The molecule has 0 amide bonds. The van der Waals surface area contributed by atoms with Crippen molar-refractivity contribution >= 4 is 0 Å². The molecule has 1 nitrogen and oxygen atoms in total. The SMILES string of the molecule is CC(C)=CCC1CCCCO1. The quantitative estimate of drug-likeness (QED) is 0.556. The van der Waals surface area contributed by atoms with Gasteiger partial charge in [-0.3, -0.25) is 0 Å². The molecular formula is C10H18O. The van der Waals surface area contributed by atoms with Gasteiger partial charge in [0.25, 0.3) is 0 Å². The van der Waals surface area contributed by atoms with Gasteiger partial charge in [-0.15, -0.1) is 0 Å². The summed E-state index contributed by atoms with van der Waals surface area (Å²) < 4.78 is 5.58. The zero-order valence-electron chi connectivity index (χ0n) is 7.60. The van der Waals surface area contributed by atoms with Crippen molar-refractivity contribution in [1.82, 2.24) is 0 Å². The predicted molar refractivity (Wildman–Crippen MR) is 47.6 cm³/mol. The molecule has 11 heavy (non-hydrogen) atoms. The number of hydrogen-bond acceptors (Lipinski definition) is 1. The molecule has 0 aliphatic carbocycles. The highest BCUT2D eigenvalue weighted by Crippen LogP contribution is 2.16. The number of allylic oxidation sites excluding steroid dienone is 1. The van der Waals surface area contributed by atoms with E-state index in [1.54, 1.807) is 0 Å². The topological polar surface area (TPSA) is 9.23 Å². The summed E-state index contributed by atoms with van der Waals surface area (Å²) >= 11 is 0. The highest BCUT2D eigenvalue weighted by Gasteiger charge is 2.11. The van der Waals surface area contributed by atoms with Gasteiger partial charge in [0, 0.05) is 6.61 Å². The first-order chi connectivity index (χ1) is 5.29. The lowest BCUT2D eigenvalue weighted by Crippen LogP contribution is -2.17. The average molecular weight is 154 g/mol. The van der Waals surface area contributed by atoms with Crippen molar-refractivity contribution in [2.45, 2.75) is 45.6 Å². The summed E-state index contributed by atoms with van der Waals surface area (Å²) in [4.78, 5) is 0. The van der Waals surface area contributed by atoms with Gasteiger partial charge < -0.3 is 4.74 Å². The molecule has 1 unspecified atom stereocenters. The minimum absolute atomic E-state index is 0.513. The van der Waals surface area contributed by atoms with Crippen LogP contribution >= 0.6 is 0 Å². The molecule has 1 saturated heterocycles. The van der Waals surface area contributed by atoms with Gasteiger partial charge in [-0.2, -0.15) is 0 Å². The molecule has 1 fully saturated rings. The summed E-state index contributed by atoms with van der Waals surface area (Å²) in [6.07, 6.45) is 7.76. The molecular weight excluding hydrogens is 136 g/mol. The second-order valence-electron chi connectivity index (χ2n) is 3.51. The van der Waals surface area contributed by atoms with Crippen molar-refractivity contribution in [3.8, 4) is 0 Å². The summed E-state index contributed by atoms with van der Waals surface area (Å²) in [6.45, 7) is 5.26. The molecule has 1 heteroatoms. The summed E-state index contributed by atoms with van der Waals surface area (Å²) in [5.41, 5.74) is 1.40. The van der Waals surface area contributed by atoms with Crippen molar-refractivity contribution in [2.24, 2.45) is 0 Å². The maximum atomic E-state index is 5.58. The second kappa shape index (κ2) is 4.55. The minimum atomic E-state index is 0.513. The van der Waals surface area contributed by atoms with Gasteiger partial charge in [-0.25, -0.2) is 0 Å². The molecule has 1 aliphatic rings. The molecule has 1 atom stereocenters. The van der Waals surface area contributed by atoms with E-state index in [2.05, 4.69) is 19.9 Å². The molecule has 1 rings (SSSR count). The van der Waals surface area contributed by atoms with Crippen molar-refractivity contribution in [3.05, 3.63) is 11.6 Å². The summed E-state index contributed by atoms with van der Waals surface area (Å²) in [5, 5.41) is 0. The van der Waals surface area contributed by atoms with Crippen molar-refractivity contribution < 1.29 is 4.74 Å². The normalized spacial score (nSPS) is 24.7. The van der Waals surface area contributed by atoms with E-state index in [0.29, 0.717) is 6.10 Å². The lowest BCUT2D eigenvalue weighted by molar-refractivity contribution is 0.0183. The smallest absolute Gasteiger partial charge is 0.0609 e. The largest absolute Gasteiger partial charge is 0.378 e. The first kappa shape index (κ1) is 8.79. The minimum Gasteiger partial charge on any atom is -0.378 e. The Bertz CT molecular complexity index is 128. The highest BCUT2D eigenvalue weighted by molar-refractivity contribution is 4.94. The summed E-state index contributed by atoms with van der Waals surface area (Å²) in [7, 11) is 0. The maximum Gasteiger partial charge on any atom is 0.0609 e. The number of hydrogen-bond donors (Lipinski definition) is 0. The average Bonchev–Trinajstić information content (AvgIpc) is 2.03. The standard InChI is InChI=1S/C10H18O/c1-9(2)6-7-10-5-3-4-8-11-10/h6,10H,3-5,7-8H2,1-2H3. The molecule has 0 radical (unpaired) electrons. The van der Waals surface area contributed by atoms with E-state index in [0.717, 1.165) is 13.0 Å². The van der Waals surface area contributed by atoms with Crippen LogP contribution in [0.1, 0.15) is 39.5 Å². The zero-order chi connectivity index (χ0) is 8.10. The Labute approximate surface area is 69.4 Å². The van der Waals surface area contributed by atoms with Crippen molar-refractivity contribution in [3.63, 3.8) is 0 Å². The van der Waals surface area contributed by atoms with Gasteiger partial charge in [-0.05, 0) is 39.5 Å². The van der Waals surface area contributed by atoms with E-state index in [9.17, 15) is 0 Å². The molecule has 0 aromatic rings. The molecule has 64 valence electrons. The van der Waals surface area contributed by atoms with Crippen molar-refractivity contribution in [1.29, 1.82) is 0 Å². The van der Waals surface area contributed by atoms with E-state index in [1.807, 2.05) is 0 Å². The Kier molecular flexibility index (Phi) is 3.64. The van der Waals surface area contributed by atoms with Gasteiger partial charge in [0.15, 0.2) is 0 Å². The lowest BCUT2D eigenvalue weighted by atomic mass is 10.1. The third kappa shape index (κ3) is 3.57. The van der Waals surface area contributed by atoms with Crippen LogP contribution in [0.2, 0.25) is 0 Å². The number of ether oxygens (including phenoxy) is 1. The van der Waals surface area contributed by atoms with Crippen LogP contribution in [0.3, 0.4) is 0 Å². The van der Waals surface area contributed by atoms with Gasteiger partial charge in [0.05, 0.1) is 6.10 Å². The fourth-order valence-corrected chi connectivity index (χ4v) is 1.36. The Balaban J connectivity index is 2.19. The van der Waals surface area contributed by atoms with Crippen LogP contribution in [0, 0.1) is 0 Å². The van der Waals surface area contributed by atoms with Crippen LogP contribution in [-0.4, -0.2) is 12.7 Å². The van der Waals surface area contributed by atoms with Crippen LogP contribution in [0.4, 0.5) is 0 Å². The Morgan fingerprint density at radius 1 is 1.45 bits per heavy atom. The van der Waals surface area contributed by atoms with Crippen LogP contribution in [0.5, 0.6) is 0 Å². The van der Waals surface area contributed by atoms with E-state index < -0.39 is 0 Å². The molecule has 0 N–H and O–H groups in total. The summed E-state index contributed by atoms with van der Waals surface area (Å²) in [5.74, 6) is 0. The van der Waals surface area contributed by atoms with Crippen LogP contribution in [0.25, 0.3) is 0 Å². The first-order valence-corrected chi connectivity index (χ1v) is 4.54. The third-order valence-electron chi connectivity index (χ3n) is 2.06. The van der Waals surface area contributed by atoms with Crippen LogP contribution in [0.15, 0.2) is 11.6 Å². The van der Waals surface area contributed by atoms with Crippen molar-refractivity contribution in [2.75, 3.05) is 6.61 Å². The Morgan fingerprint density at radius 3 is 2.82 bits per heavy atom. The van der Waals surface area contributed by atoms with Crippen LogP contribution < -0.4 is 0 Å². The first-order valence-electron chi connectivity index (χ1n) is 4.54. The van der Waals surface area contributed by atoms with Gasteiger partial charge in [0.2, 0.25) is 0 Å². The lowest BCUT2D eigenvalue weighted by Gasteiger charge is -2.21. The molecule has 1 heterocycles. The fourth-order valence-electron chi connectivity index (χ4n) is 1.36. The van der Waals surface area contributed by atoms with Crippen LogP contribution in [-0.2, 0) is 4.74 Å². The molecule has 0 bridgehead atoms. The van der Waals surface area contributed by atoms with E-state index in [4.69, 9.17) is 4.74 Å². The molecule has 0 saturated carbocycles. The monoisotopic (exact) mass is 154 g/mol. The molecule has 1 aliphatic heterocycles. The van der Waals surface area contributed by atoms with Gasteiger partial charge >= 0.3 is 0 Å². The van der Waals surface area contributed by atoms with Gasteiger partial charge in [-0.1, -0.05) is 11.6 Å². The number of rotatable bonds is 2. The fraction of sp³-hybridized carbons (Fsp3) is 0.800. The molecule has 0 spiro atoms. The van der Waals surface area contributed by atoms with E-state index in [1.165, 1.54) is 24.8 Å². The predicted octanol–water partition coefficient (Wildman–Crippen LogP) is 2.91. The van der Waals surface area contributed by atoms with Gasteiger partial charge in [0.1, 0.15) is 0 Å². The Morgan fingerprint density at radius 2 is 2.27 bits per heavy atom.